The van der Waals surface area contributed by atoms with Crippen molar-refractivity contribution in [2.45, 2.75) is 13.8 Å². The molecule has 23 heavy (non-hydrogen) atoms. The van der Waals surface area contributed by atoms with E-state index >= 15 is 0 Å². The predicted octanol–water partition coefficient (Wildman–Crippen LogP) is 1.74. The molecule has 0 fully saturated rings. The van der Waals surface area contributed by atoms with Gasteiger partial charge in [0.15, 0.2) is 0 Å². The Morgan fingerprint density at radius 3 is 2.74 bits per heavy atom. The average Bonchev–Trinajstić information content (AvgIpc) is 2.51. The Kier molecular flexibility index (Phi) is 4.85. The standard InChI is InChI=1S/C15H15N3O5/c1-3-23-13(19)8-16-15(20)14-10-5-4-6-12(18(21)22)11(10)7-9(2)17-14/h4-7H,3,8H2,1-2H3,(H,16,20). The number of pyridine rings is 1. The van der Waals surface area contributed by atoms with Gasteiger partial charge in [-0.25, -0.2) is 4.98 Å². The number of nitrogens with zero attached hydrogens (tertiary/aromatic N) is 2. The molecule has 0 aliphatic carbocycles. The summed E-state index contributed by atoms with van der Waals surface area (Å²) in [6.45, 7) is 3.22. The summed E-state index contributed by atoms with van der Waals surface area (Å²) in [5.74, 6) is -1.16. The summed E-state index contributed by atoms with van der Waals surface area (Å²) in [4.78, 5) is 38.3. The molecule has 0 saturated heterocycles. The third kappa shape index (κ3) is 3.60. The van der Waals surface area contributed by atoms with E-state index in [0.29, 0.717) is 16.5 Å². The molecule has 8 heteroatoms. The number of rotatable bonds is 5. The van der Waals surface area contributed by atoms with Crippen molar-refractivity contribution in [1.82, 2.24) is 10.3 Å². The number of nitro groups is 1. The first-order valence-corrected chi connectivity index (χ1v) is 6.92. The topological polar surface area (TPSA) is 111 Å². The Morgan fingerprint density at radius 1 is 1.35 bits per heavy atom. The lowest BCUT2D eigenvalue weighted by Crippen LogP contribution is -2.31. The second-order valence-electron chi connectivity index (χ2n) is 4.73. The summed E-state index contributed by atoms with van der Waals surface area (Å²) in [5, 5.41) is 14.2. The molecule has 1 amide bonds. The van der Waals surface area contributed by atoms with Crippen molar-refractivity contribution in [3.8, 4) is 0 Å². The van der Waals surface area contributed by atoms with E-state index in [-0.39, 0.29) is 24.5 Å². The Balaban J connectivity index is 2.40. The van der Waals surface area contributed by atoms with E-state index < -0.39 is 16.8 Å². The second kappa shape index (κ2) is 6.82. The fourth-order valence-corrected chi connectivity index (χ4v) is 2.17. The summed E-state index contributed by atoms with van der Waals surface area (Å²) in [5.41, 5.74) is 0.397. The zero-order chi connectivity index (χ0) is 17.0. The molecule has 0 unspecified atom stereocenters. The molecule has 2 rings (SSSR count). The molecule has 1 heterocycles. The first-order chi connectivity index (χ1) is 10.9. The number of nitrogens with one attached hydrogen (secondary N) is 1. The normalized spacial score (nSPS) is 10.3. The van der Waals surface area contributed by atoms with E-state index in [0.717, 1.165) is 0 Å². The van der Waals surface area contributed by atoms with Crippen LogP contribution in [0.5, 0.6) is 0 Å². The van der Waals surface area contributed by atoms with Crippen LogP contribution in [0.2, 0.25) is 0 Å². The Labute approximate surface area is 131 Å². The molecule has 0 radical (unpaired) electrons. The summed E-state index contributed by atoms with van der Waals surface area (Å²) in [6, 6.07) is 5.98. The molecular weight excluding hydrogens is 302 g/mol. The predicted molar refractivity (Wildman–Crippen MR) is 82.1 cm³/mol. The van der Waals surface area contributed by atoms with Crippen LogP contribution in [0, 0.1) is 17.0 Å². The van der Waals surface area contributed by atoms with E-state index in [1.54, 1.807) is 26.0 Å². The number of ether oxygens (including phenoxy) is 1. The minimum Gasteiger partial charge on any atom is -0.465 e. The van der Waals surface area contributed by atoms with Gasteiger partial charge in [0, 0.05) is 17.1 Å². The maximum atomic E-state index is 12.2. The highest BCUT2D eigenvalue weighted by molar-refractivity contribution is 6.08. The van der Waals surface area contributed by atoms with Crippen molar-refractivity contribution >= 4 is 28.3 Å². The number of hydrogen-bond acceptors (Lipinski definition) is 6. The van der Waals surface area contributed by atoms with E-state index in [4.69, 9.17) is 4.74 Å². The van der Waals surface area contributed by atoms with E-state index in [9.17, 15) is 19.7 Å². The smallest absolute Gasteiger partial charge is 0.325 e. The lowest BCUT2D eigenvalue weighted by Gasteiger charge is -2.08. The Morgan fingerprint density at radius 2 is 2.09 bits per heavy atom. The lowest BCUT2D eigenvalue weighted by molar-refractivity contribution is -0.383. The summed E-state index contributed by atoms with van der Waals surface area (Å²) in [6.07, 6.45) is 0. The second-order valence-corrected chi connectivity index (χ2v) is 4.73. The molecule has 0 atom stereocenters. The molecule has 0 saturated carbocycles. The summed E-state index contributed by atoms with van der Waals surface area (Å²) < 4.78 is 4.73. The molecule has 0 aliphatic heterocycles. The Bertz CT molecular complexity index is 788. The molecule has 120 valence electrons. The molecule has 1 N–H and O–H groups in total. The van der Waals surface area contributed by atoms with Crippen LogP contribution in [0.4, 0.5) is 5.69 Å². The van der Waals surface area contributed by atoms with Gasteiger partial charge in [-0.3, -0.25) is 19.7 Å². The van der Waals surface area contributed by atoms with Crippen molar-refractivity contribution in [3.05, 3.63) is 45.8 Å². The fraction of sp³-hybridized carbons (Fsp3) is 0.267. The first-order valence-electron chi connectivity index (χ1n) is 6.92. The van der Waals surface area contributed by atoms with Crippen molar-refractivity contribution in [2.75, 3.05) is 13.2 Å². The number of amides is 1. The van der Waals surface area contributed by atoms with E-state index in [1.165, 1.54) is 12.1 Å². The number of carbonyl (C=O) groups excluding carboxylic acids is 2. The van der Waals surface area contributed by atoms with E-state index in [2.05, 4.69) is 10.3 Å². The van der Waals surface area contributed by atoms with Gasteiger partial charge in [0.2, 0.25) is 0 Å². The Hall–Kier alpha value is -3.03. The van der Waals surface area contributed by atoms with Crippen molar-refractivity contribution in [3.63, 3.8) is 0 Å². The maximum absolute atomic E-state index is 12.2. The minimum atomic E-state index is -0.591. The monoisotopic (exact) mass is 317 g/mol. The highest BCUT2D eigenvalue weighted by Crippen LogP contribution is 2.27. The quantitative estimate of drug-likeness (QED) is 0.511. The molecular formula is C15H15N3O5. The number of aromatic nitrogens is 1. The van der Waals surface area contributed by atoms with Crippen molar-refractivity contribution in [2.24, 2.45) is 0 Å². The van der Waals surface area contributed by atoms with Gasteiger partial charge >= 0.3 is 5.97 Å². The molecule has 8 nitrogen and oxygen atoms in total. The van der Waals surface area contributed by atoms with Crippen LogP contribution < -0.4 is 5.32 Å². The lowest BCUT2D eigenvalue weighted by atomic mass is 10.1. The summed E-state index contributed by atoms with van der Waals surface area (Å²) in [7, 11) is 0. The molecule has 2 aromatic rings. The fourth-order valence-electron chi connectivity index (χ4n) is 2.17. The number of esters is 1. The third-order valence-electron chi connectivity index (χ3n) is 3.09. The van der Waals surface area contributed by atoms with Crippen LogP contribution >= 0.6 is 0 Å². The third-order valence-corrected chi connectivity index (χ3v) is 3.09. The van der Waals surface area contributed by atoms with Gasteiger partial charge in [0.05, 0.1) is 16.9 Å². The molecule has 0 spiro atoms. The van der Waals surface area contributed by atoms with Gasteiger partial charge in [-0.1, -0.05) is 12.1 Å². The number of nitro benzene ring substituents is 1. The number of hydrogen-bond donors (Lipinski definition) is 1. The molecule has 1 aromatic carbocycles. The number of benzene rings is 1. The van der Waals surface area contributed by atoms with Gasteiger partial charge in [-0.05, 0) is 19.9 Å². The summed E-state index contributed by atoms with van der Waals surface area (Å²) >= 11 is 0. The van der Waals surface area contributed by atoms with Crippen LogP contribution in [0.1, 0.15) is 23.1 Å². The number of fused-ring (bicyclic) bond motifs is 1. The molecule has 0 aliphatic rings. The average molecular weight is 317 g/mol. The van der Waals surface area contributed by atoms with Crippen LogP contribution in [-0.4, -0.2) is 34.9 Å². The zero-order valence-corrected chi connectivity index (χ0v) is 12.7. The van der Waals surface area contributed by atoms with Gasteiger partial charge in [0.25, 0.3) is 11.6 Å². The largest absolute Gasteiger partial charge is 0.465 e. The van der Waals surface area contributed by atoms with Crippen molar-refractivity contribution in [1.29, 1.82) is 0 Å². The van der Waals surface area contributed by atoms with Gasteiger partial charge in [-0.15, -0.1) is 0 Å². The van der Waals surface area contributed by atoms with Crippen LogP contribution in [-0.2, 0) is 9.53 Å². The maximum Gasteiger partial charge on any atom is 0.325 e. The van der Waals surface area contributed by atoms with Gasteiger partial charge in [-0.2, -0.15) is 0 Å². The number of aryl methyl sites for hydroxylation is 1. The molecule has 0 bridgehead atoms. The van der Waals surface area contributed by atoms with Gasteiger partial charge in [0.1, 0.15) is 12.2 Å². The van der Waals surface area contributed by atoms with E-state index in [1.807, 2.05) is 0 Å². The highest BCUT2D eigenvalue weighted by atomic mass is 16.6. The van der Waals surface area contributed by atoms with Crippen LogP contribution in [0.3, 0.4) is 0 Å². The van der Waals surface area contributed by atoms with Gasteiger partial charge < -0.3 is 10.1 Å². The van der Waals surface area contributed by atoms with Crippen LogP contribution in [0.25, 0.3) is 10.8 Å². The molecule has 1 aromatic heterocycles. The SMILES string of the molecule is CCOC(=O)CNC(=O)c1nc(C)cc2c([N+](=O)[O-])cccc12. The van der Waals surface area contributed by atoms with Crippen LogP contribution in [0.15, 0.2) is 24.3 Å². The first kappa shape index (κ1) is 16.3. The minimum absolute atomic E-state index is 0.0352. The number of non-ortho nitro benzene ring substituents is 1. The van der Waals surface area contributed by atoms with Crippen molar-refractivity contribution < 1.29 is 19.2 Å². The zero-order valence-electron chi connectivity index (χ0n) is 12.7. The highest BCUT2D eigenvalue weighted by Gasteiger charge is 2.19. The number of carbonyl (C=O) groups is 2.